The van der Waals surface area contributed by atoms with Crippen molar-refractivity contribution in [2.24, 2.45) is 0 Å². The van der Waals surface area contributed by atoms with E-state index >= 15 is 0 Å². The molecule has 2 nitrogen and oxygen atoms in total. The van der Waals surface area contributed by atoms with Crippen LogP contribution < -0.4 is 0 Å². The summed E-state index contributed by atoms with van der Waals surface area (Å²) in [5, 5.41) is 0. The van der Waals surface area contributed by atoms with Gasteiger partial charge >= 0.3 is 0 Å². The lowest BCUT2D eigenvalue weighted by molar-refractivity contribution is 0.174. The normalized spacial score (nSPS) is 15.8. The number of hydrogen-bond donors (Lipinski definition) is 0. The molecule has 2 heteroatoms. The molecule has 1 heterocycles. The van der Waals surface area contributed by atoms with Crippen LogP contribution in [0.2, 0.25) is 0 Å². The lowest BCUT2D eigenvalue weighted by atomic mass is 10.2. The van der Waals surface area contributed by atoms with E-state index in [9.17, 15) is 0 Å². The lowest BCUT2D eigenvalue weighted by Gasteiger charge is -2.21. The molecule has 0 aromatic heterocycles. The van der Waals surface area contributed by atoms with E-state index in [1.54, 1.807) is 6.26 Å². The van der Waals surface area contributed by atoms with Crippen LogP contribution in [0.4, 0.5) is 0 Å². The summed E-state index contributed by atoms with van der Waals surface area (Å²) in [6.07, 6.45) is 7.99. The summed E-state index contributed by atoms with van der Waals surface area (Å²) in [5.41, 5.74) is 0. The second-order valence-electron chi connectivity index (χ2n) is 3.90. The molecule has 0 saturated heterocycles. The SMILES string of the molecule is CCCC1=COC(CCC)=C(CCC)O1. The first-order valence-electron chi connectivity index (χ1n) is 6.07. The minimum absolute atomic E-state index is 0.965. The van der Waals surface area contributed by atoms with E-state index in [1.807, 2.05) is 0 Å². The summed E-state index contributed by atoms with van der Waals surface area (Å²) in [4.78, 5) is 0. The Balaban J connectivity index is 2.62. The van der Waals surface area contributed by atoms with E-state index in [0.717, 1.165) is 55.8 Å². The van der Waals surface area contributed by atoms with Crippen molar-refractivity contribution < 1.29 is 9.47 Å². The number of allylic oxidation sites excluding steroid dienone is 3. The van der Waals surface area contributed by atoms with Crippen LogP contribution in [0.15, 0.2) is 23.5 Å². The first-order chi connectivity index (χ1) is 7.31. The zero-order chi connectivity index (χ0) is 11.1. The Morgan fingerprint density at radius 1 is 0.867 bits per heavy atom. The number of rotatable bonds is 6. The third-order valence-electron chi connectivity index (χ3n) is 2.35. The van der Waals surface area contributed by atoms with Crippen LogP contribution in [0.5, 0.6) is 0 Å². The van der Waals surface area contributed by atoms with E-state index in [2.05, 4.69) is 20.8 Å². The van der Waals surface area contributed by atoms with Gasteiger partial charge in [0.1, 0.15) is 23.5 Å². The molecule has 86 valence electrons. The first kappa shape index (κ1) is 12.2. The van der Waals surface area contributed by atoms with Gasteiger partial charge in [-0.15, -0.1) is 0 Å². The Morgan fingerprint density at radius 3 is 2.07 bits per heavy atom. The Kier molecular flexibility index (Phi) is 5.30. The smallest absolute Gasteiger partial charge is 0.142 e. The average molecular weight is 210 g/mol. The molecule has 1 rings (SSSR count). The van der Waals surface area contributed by atoms with Crippen molar-refractivity contribution in [3.8, 4) is 0 Å². The van der Waals surface area contributed by atoms with Crippen LogP contribution in [0.1, 0.15) is 59.3 Å². The van der Waals surface area contributed by atoms with Crippen LogP contribution in [0, 0.1) is 0 Å². The van der Waals surface area contributed by atoms with E-state index in [-0.39, 0.29) is 0 Å². The van der Waals surface area contributed by atoms with Gasteiger partial charge in [0.25, 0.3) is 0 Å². The summed E-state index contributed by atoms with van der Waals surface area (Å²) in [6, 6.07) is 0. The highest BCUT2D eigenvalue weighted by atomic mass is 16.5. The second-order valence-corrected chi connectivity index (χ2v) is 3.90. The summed E-state index contributed by atoms with van der Waals surface area (Å²) in [7, 11) is 0. The largest absolute Gasteiger partial charge is 0.462 e. The van der Waals surface area contributed by atoms with Crippen molar-refractivity contribution in [2.45, 2.75) is 59.3 Å². The number of ether oxygens (including phenoxy) is 2. The summed E-state index contributed by atoms with van der Waals surface area (Å²) < 4.78 is 11.5. The second kappa shape index (κ2) is 6.54. The third kappa shape index (κ3) is 3.61. The van der Waals surface area contributed by atoms with Gasteiger partial charge in [-0.2, -0.15) is 0 Å². The van der Waals surface area contributed by atoms with Crippen LogP contribution in [-0.4, -0.2) is 0 Å². The minimum Gasteiger partial charge on any atom is -0.462 e. The zero-order valence-corrected chi connectivity index (χ0v) is 10.1. The molecule has 0 aliphatic carbocycles. The molecule has 0 amide bonds. The maximum atomic E-state index is 5.85. The van der Waals surface area contributed by atoms with Crippen LogP contribution in [0.25, 0.3) is 0 Å². The fourth-order valence-electron chi connectivity index (χ4n) is 1.64. The Bertz CT molecular complexity index is 251. The Morgan fingerprint density at radius 2 is 1.47 bits per heavy atom. The van der Waals surface area contributed by atoms with Crippen molar-refractivity contribution in [3.63, 3.8) is 0 Å². The van der Waals surface area contributed by atoms with Gasteiger partial charge in [0, 0.05) is 19.3 Å². The van der Waals surface area contributed by atoms with E-state index in [4.69, 9.17) is 9.47 Å². The first-order valence-corrected chi connectivity index (χ1v) is 6.07. The van der Waals surface area contributed by atoms with E-state index in [0.29, 0.717) is 0 Å². The number of hydrogen-bond acceptors (Lipinski definition) is 2. The maximum Gasteiger partial charge on any atom is 0.142 e. The third-order valence-corrected chi connectivity index (χ3v) is 2.35. The van der Waals surface area contributed by atoms with Gasteiger partial charge < -0.3 is 9.47 Å². The highest BCUT2D eigenvalue weighted by Crippen LogP contribution is 2.27. The van der Waals surface area contributed by atoms with Gasteiger partial charge in [-0.1, -0.05) is 20.8 Å². The van der Waals surface area contributed by atoms with Gasteiger partial charge in [0.2, 0.25) is 0 Å². The molecule has 1 aliphatic rings. The Labute approximate surface area is 93.0 Å². The van der Waals surface area contributed by atoms with Crippen LogP contribution in [0.3, 0.4) is 0 Å². The van der Waals surface area contributed by atoms with Crippen LogP contribution in [-0.2, 0) is 9.47 Å². The van der Waals surface area contributed by atoms with Crippen molar-refractivity contribution in [2.75, 3.05) is 0 Å². The van der Waals surface area contributed by atoms with Crippen molar-refractivity contribution in [1.29, 1.82) is 0 Å². The van der Waals surface area contributed by atoms with Gasteiger partial charge in [0.15, 0.2) is 0 Å². The molecule has 1 aliphatic heterocycles. The van der Waals surface area contributed by atoms with Gasteiger partial charge in [0.05, 0.1) is 0 Å². The summed E-state index contributed by atoms with van der Waals surface area (Å²) in [6.45, 7) is 6.47. The van der Waals surface area contributed by atoms with Gasteiger partial charge in [-0.05, 0) is 19.3 Å². The fraction of sp³-hybridized carbons (Fsp3) is 0.692. The monoisotopic (exact) mass is 210 g/mol. The minimum atomic E-state index is 0.965. The molecule has 0 N–H and O–H groups in total. The molecule has 0 saturated carbocycles. The van der Waals surface area contributed by atoms with Crippen molar-refractivity contribution >= 4 is 0 Å². The molecule has 0 aromatic rings. The molecule has 0 bridgehead atoms. The lowest BCUT2D eigenvalue weighted by Crippen LogP contribution is -2.06. The molecule has 15 heavy (non-hydrogen) atoms. The summed E-state index contributed by atoms with van der Waals surface area (Å²) in [5.74, 6) is 3.05. The zero-order valence-electron chi connectivity index (χ0n) is 10.1. The predicted molar refractivity (Wildman–Crippen MR) is 62.0 cm³/mol. The molecule has 0 atom stereocenters. The topological polar surface area (TPSA) is 18.5 Å². The maximum absolute atomic E-state index is 5.85. The highest BCUT2D eigenvalue weighted by Gasteiger charge is 2.15. The van der Waals surface area contributed by atoms with Crippen molar-refractivity contribution in [1.82, 2.24) is 0 Å². The molecular formula is C13H22O2. The molecule has 0 radical (unpaired) electrons. The molecule has 0 fully saturated rings. The molecule has 0 unspecified atom stereocenters. The van der Waals surface area contributed by atoms with Gasteiger partial charge in [-0.25, -0.2) is 0 Å². The van der Waals surface area contributed by atoms with Crippen LogP contribution >= 0.6 is 0 Å². The predicted octanol–water partition coefficient (Wildman–Crippen LogP) is 4.49. The molecule has 0 aromatic carbocycles. The molecule has 0 spiro atoms. The quantitative estimate of drug-likeness (QED) is 0.643. The Hall–Kier alpha value is -0.920. The molecular weight excluding hydrogens is 188 g/mol. The average Bonchev–Trinajstić information content (AvgIpc) is 2.23. The highest BCUT2D eigenvalue weighted by molar-refractivity contribution is 5.11. The van der Waals surface area contributed by atoms with Crippen molar-refractivity contribution in [3.05, 3.63) is 23.5 Å². The standard InChI is InChI=1S/C13H22O2/c1-4-7-11-10-14-12(8-5-2)13(15-11)9-6-3/h10H,4-9H2,1-3H3. The van der Waals surface area contributed by atoms with Gasteiger partial charge in [-0.3, -0.25) is 0 Å². The van der Waals surface area contributed by atoms with E-state index in [1.165, 1.54) is 0 Å². The summed E-state index contributed by atoms with van der Waals surface area (Å²) >= 11 is 0. The fourth-order valence-corrected chi connectivity index (χ4v) is 1.64. The van der Waals surface area contributed by atoms with E-state index < -0.39 is 0 Å².